The fourth-order valence-corrected chi connectivity index (χ4v) is 3.59. The van der Waals surface area contributed by atoms with Crippen molar-refractivity contribution in [1.82, 2.24) is 9.62 Å². The maximum absolute atomic E-state index is 12.2. The Kier molecular flexibility index (Phi) is 5.38. The van der Waals surface area contributed by atoms with Crippen molar-refractivity contribution >= 4 is 21.9 Å². The number of likely N-dealkylation sites (tertiary alicyclic amines) is 1. The molecule has 0 atom stereocenters. The van der Waals surface area contributed by atoms with Crippen molar-refractivity contribution in [2.45, 2.75) is 24.7 Å². The highest BCUT2D eigenvalue weighted by atomic mass is 32.2. The number of carboxylic acids is 1. The van der Waals surface area contributed by atoms with Crippen LogP contribution in [-0.2, 0) is 19.6 Å². The second kappa shape index (κ2) is 7.10. The van der Waals surface area contributed by atoms with Crippen LogP contribution in [0.25, 0.3) is 0 Å². The average Bonchev–Trinajstić information content (AvgIpc) is 2.53. The molecule has 0 aliphatic carbocycles. The molecule has 0 bridgehead atoms. The van der Waals surface area contributed by atoms with Crippen LogP contribution in [0.1, 0.15) is 18.4 Å². The van der Waals surface area contributed by atoms with Crippen molar-refractivity contribution in [1.29, 1.82) is 0 Å². The maximum Gasteiger partial charge on any atom is 0.306 e. The number of amides is 1. The SMILES string of the molecule is Cc1cccc(S(=O)(=O)NCC(=O)N2CCC(C(=O)O)CC2)c1. The number of nitrogens with one attached hydrogen (secondary N) is 1. The Labute approximate surface area is 135 Å². The molecule has 1 heterocycles. The molecule has 8 heteroatoms. The lowest BCUT2D eigenvalue weighted by molar-refractivity contribution is -0.145. The van der Waals surface area contributed by atoms with E-state index in [9.17, 15) is 18.0 Å². The molecule has 0 unspecified atom stereocenters. The first-order valence-electron chi connectivity index (χ1n) is 7.36. The number of carbonyl (C=O) groups is 2. The van der Waals surface area contributed by atoms with Crippen LogP contribution in [0.5, 0.6) is 0 Å². The molecule has 0 spiro atoms. The number of carbonyl (C=O) groups excluding carboxylic acids is 1. The van der Waals surface area contributed by atoms with Gasteiger partial charge < -0.3 is 10.0 Å². The molecule has 2 N–H and O–H groups in total. The van der Waals surface area contributed by atoms with E-state index in [-0.39, 0.29) is 17.3 Å². The van der Waals surface area contributed by atoms with Gasteiger partial charge in [-0.2, -0.15) is 0 Å². The molecule has 0 saturated carbocycles. The van der Waals surface area contributed by atoms with Crippen LogP contribution in [0.15, 0.2) is 29.2 Å². The third-order valence-electron chi connectivity index (χ3n) is 3.91. The first kappa shape index (κ1) is 17.4. The van der Waals surface area contributed by atoms with Gasteiger partial charge in [-0.1, -0.05) is 12.1 Å². The molecule has 1 aliphatic rings. The number of rotatable bonds is 5. The highest BCUT2D eigenvalue weighted by Gasteiger charge is 2.27. The van der Waals surface area contributed by atoms with E-state index in [4.69, 9.17) is 5.11 Å². The molecular weight excluding hydrogens is 320 g/mol. The second-order valence-electron chi connectivity index (χ2n) is 5.63. The highest BCUT2D eigenvalue weighted by Crippen LogP contribution is 2.17. The average molecular weight is 340 g/mol. The van der Waals surface area contributed by atoms with Crippen molar-refractivity contribution in [3.8, 4) is 0 Å². The van der Waals surface area contributed by atoms with E-state index in [1.165, 1.54) is 17.0 Å². The Morgan fingerprint density at radius 2 is 1.96 bits per heavy atom. The number of aryl methyl sites for hydroxylation is 1. The van der Waals surface area contributed by atoms with Gasteiger partial charge in [0.25, 0.3) is 0 Å². The minimum Gasteiger partial charge on any atom is -0.481 e. The molecule has 2 rings (SSSR count). The minimum absolute atomic E-state index is 0.120. The standard InChI is InChI=1S/C15H20N2O5S/c1-11-3-2-4-13(9-11)23(21,22)16-10-14(18)17-7-5-12(6-8-17)15(19)20/h2-4,9,12,16H,5-8,10H2,1H3,(H,19,20). The lowest BCUT2D eigenvalue weighted by atomic mass is 9.97. The number of hydrogen-bond donors (Lipinski definition) is 2. The van der Waals surface area contributed by atoms with Gasteiger partial charge in [0.15, 0.2) is 0 Å². The number of aliphatic carboxylic acids is 1. The number of carboxylic acid groups (broad SMARTS) is 1. The number of nitrogens with zero attached hydrogens (tertiary/aromatic N) is 1. The van der Waals surface area contributed by atoms with Crippen LogP contribution in [-0.4, -0.2) is 49.9 Å². The molecule has 1 aliphatic heterocycles. The Balaban J connectivity index is 1.91. The van der Waals surface area contributed by atoms with Crippen LogP contribution in [0.2, 0.25) is 0 Å². The van der Waals surface area contributed by atoms with E-state index < -0.39 is 21.9 Å². The summed E-state index contributed by atoms with van der Waals surface area (Å²) >= 11 is 0. The van der Waals surface area contributed by atoms with Crippen molar-refractivity contribution in [3.63, 3.8) is 0 Å². The Morgan fingerprint density at radius 3 is 2.52 bits per heavy atom. The Bertz CT molecular complexity index is 694. The first-order chi connectivity index (χ1) is 10.8. The summed E-state index contributed by atoms with van der Waals surface area (Å²) in [5.41, 5.74) is 0.815. The van der Waals surface area contributed by atoms with Crippen molar-refractivity contribution in [3.05, 3.63) is 29.8 Å². The fourth-order valence-electron chi connectivity index (χ4n) is 2.51. The summed E-state index contributed by atoms with van der Waals surface area (Å²) in [6.45, 7) is 2.13. The zero-order valence-electron chi connectivity index (χ0n) is 12.9. The van der Waals surface area contributed by atoms with Gasteiger partial charge in [-0.3, -0.25) is 9.59 Å². The molecule has 1 fully saturated rings. The topological polar surface area (TPSA) is 104 Å². The molecule has 7 nitrogen and oxygen atoms in total. The summed E-state index contributed by atoms with van der Waals surface area (Å²) in [4.78, 5) is 24.6. The van der Waals surface area contributed by atoms with Gasteiger partial charge in [-0.15, -0.1) is 0 Å². The van der Waals surface area contributed by atoms with E-state index in [0.29, 0.717) is 25.9 Å². The van der Waals surface area contributed by atoms with E-state index in [2.05, 4.69) is 4.72 Å². The van der Waals surface area contributed by atoms with Crippen LogP contribution in [0, 0.1) is 12.8 Å². The van der Waals surface area contributed by atoms with Gasteiger partial charge in [0.1, 0.15) is 0 Å². The van der Waals surface area contributed by atoms with Gasteiger partial charge >= 0.3 is 5.97 Å². The summed E-state index contributed by atoms with van der Waals surface area (Å²) in [7, 11) is -3.73. The van der Waals surface area contributed by atoms with Crippen LogP contribution < -0.4 is 4.72 Å². The monoisotopic (exact) mass is 340 g/mol. The smallest absolute Gasteiger partial charge is 0.306 e. The molecule has 1 aromatic rings. The zero-order valence-corrected chi connectivity index (χ0v) is 13.7. The summed E-state index contributed by atoms with van der Waals surface area (Å²) in [6, 6.07) is 6.43. The van der Waals surface area contributed by atoms with Gasteiger partial charge in [0.05, 0.1) is 17.4 Å². The third kappa shape index (κ3) is 4.52. The van der Waals surface area contributed by atoms with Gasteiger partial charge in [-0.25, -0.2) is 13.1 Å². The summed E-state index contributed by atoms with van der Waals surface area (Å²) in [5.74, 6) is -1.62. The zero-order chi connectivity index (χ0) is 17.0. The molecule has 0 aromatic heterocycles. The van der Waals surface area contributed by atoms with Crippen LogP contribution >= 0.6 is 0 Å². The summed E-state index contributed by atoms with van der Waals surface area (Å²) in [5, 5.41) is 8.93. The largest absolute Gasteiger partial charge is 0.481 e. The van der Waals surface area contributed by atoms with E-state index in [0.717, 1.165) is 5.56 Å². The predicted octanol–water partition coefficient (Wildman–Crippen LogP) is 0.597. The van der Waals surface area contributed by atoms with Crippen LogP contribution in [0.3, 0.4) is 0 Å². The number of hydrogen-bond acceptors (Lipinski definition) is 4. The van der Waals surface area contributed by atoms with Crippen molar-refractivity contribution < 1.29 is 23.1 Å². The molecule has 0 radical (unpaired) electrons. The van der Waals surface area contributed by atoms with E-state index in [1.54, 1.807) is 19.1 Å². The number of sulfonamides is 1. The number of piperidine rings is 1. The minimum atomic E-state index is -3.73. The molecule has 1 aromatic carbocycles. The normalized spacial score (nSPS) is 16.3. The third-order valence-corrected chi connectivity index (χ3v) is 5.31. The molecular formula is C15H20N2O5S. The van der Waals surface area contributed by atoms with Gasteiger partial charge in [0.2, 0.25) is 15.9 Å². The van der Waals surface area contributed by atoms with Crippen molar-refractivity contribution in [2.24, 2.45) is 5.92 Å². The highest BCUT2D eigenvalue weighted by molar-refractivity contribution is 7.89. The van der Waals surface area contributed by atoms with Gasteiger partial charge in [0, 0.05) is 13.1 Å². The predicted molar refractivity (Wildman–Crippen MR) is 83.3 cm³/mol. The first-order valence-corrected chi connectivity index (χ1v) is 8.85. The molecule has 1 saturated heterocycles. The summed E-state index contributed by atoms with van der Waals surface area (Å²) < 4.78 is 26.6. The summed E-state index contributed by atoms with van der Waals surface area (Å²) in [6.07, 6.45) is 0.789. The Hall–Kier alpha value is -1.93. The molecule has 126 valence electrons. The van der Waals surface area contributed by atoms with Crippen LogP contribution in [0.4, 0.5) is 0 Å². The Morgan fingerprint density at radius 1 is 1.30 bits per heavy atom. The van der Waals surface area contributed by atoms with E-state index >= 15 is 0 Å². The quantitative estimate of drug-likeness (QED) is 0.817. The fraction of sp³-hybridized carbons (Fsp3) is 0.467. The second-order valence-corrected chi connectivity index (χ2v) is 7.40. The lowest BCUT2D eigenvalue weighted by Crippen LogP contribution is -2.45. The molecule has 23 heavy (non-hydrogen) atoms. The molecule has 1 amide bonds. The number of benzene rings is 1. The van der Waals surface area contributed by atoms with Gasteiger partial charge in [-0.05, 0) is 37.5 Å². The maximum atomic E-state index is 12.2. The van der Waals surface area contributed by atoms with E-state index in [1.807, 2.05) is 0 Å². The van der Waals surface area contributed by atoms with Crippen molar-refractivity contribution in [2.75, 3.05) is 19.6 Å². The lowest BCUT2D eigenvalue weighted by Gasteiger charge is -2.30.